The Hall–Kier alpha value is -3.58. The normalized spacial score (nSPS) is 20.1. The summed E-state index contributed by atoms with van der Waals surface area (Å²) in [6.07, 6.45) is 0. The van der Waals surface area contributed by atoms with Crippen LogP contribution in [0.3, 0.4) is 0 Å². The molecule has 1 amide bonds. The number of ether oxygens (including phenoxy) is 2. The van der Waals surface area contributed by atoms with E-state index in [1.54, 1.807) is 30.3 Å². The third-order valence-corrected chi connectivity index (χ3v) is 7.67. The molecule has 0 aliphatic carbocycles. The van der Waals surface area contributed by atoms with Gasteiger partial charge in [0.25, 0.3) is 15.9 Å². The van der Waals surface area contributed by atoms with Crippen LogP contribution in [0.2, 0.25) is 0 Å². The lowest BCUT2D eigenvalue weighted by Crippen LogP contribution is -2.35. The highest BCUT2D eigenvalue weighted by molar-refractivity contribution is 7.89. The number of carbonyl (C=O) groups excluding carboxylic acids is 1. The molecule has 0 radical (unpaired) electrons. The fourth-order valence-corrected chi connectivity index (χ4v) is 5.86. The third-order valence-electron chi connectivity index (χ3n) is 5.89. The Kier molecular flexibility index (Phi) is 4.78. The lowest BCUT2D eigenvalue weighted by molar-refractivity contribution is -0.121. The van der Waals surface area contributed by atoms with Gasteiger partial charge in [-0.2, -0.15) is 0 Å². The van der Waals surface area contributed by atoms with Crippen LogP contribution in [0, 0.1) is 6.92 Å². The first-order valence-corrected chi connectivity index (χ1v) is 11.6. The molecule has 6 nitrogen and oxygen atoms in total. The van der Waals surface area contributed by atoms with E-state index in [0.717, 1.165) is 15.4 Å². The summed E-state index contributed by atoms with van der Waals surface area (Å²) >= 11 is 0. The summed E-state index contributed by atoms with van der Waals surface area (Å²) in [7, 11) is -4.14. The van der Waals surface area contributed by atoms with E-state index in [4.69, 9.17) is 9.47 Å². The van der Waals surface area contributed by atoms with Crippen molar-refractivity contribution >= 4 is 15.9 Å². The van der Waals surface area contributed by atoms with E-state index in [1.807, 2.05) is 37.3 Å². The average molecular weight is 448 g/mol. The Morgan fingerprint density at radius 2 is 1.59 bits per heavy atom. The van der Waals surface area contributed by atoms with Crippen LogP contribution in [0.1, 0.15) is 28.7 Å². The van der Waals surface area contributed by atoms with E-state index in [-0.39, 0.29) is 17.3 Å². The van der Waals surface area contributed by atoms with Crippen molar-refractivity contribution in [3.8, 4) is 11.5 Å². The third kappa shape index (κ3) is 3.17. The zero-order valence-electron chi connectivity index (χ0n) is 17.4. The summed E-state index contributed by atoms with van der Waals surface area (Å²) in [5, 5.41) is 0. The molecule has 162 valence electrons. The summed E-state index contributed by atoms with van der Waals surface area (Å²) in [5.74, 6) is -0.0422. The van der Waals surface area contributed by atoms with Gasteiger partial charge in [-0.05, 0) is 42.3 Å². The average Bonchev–Trinajstić information content (AvgIpc) is 3.37. The maximum absolute atomic E-state index is 13.7. The molecule has 0 spiro atoms. The van der Waals surface area contributed by atoms with Crippen LogP contribution in [0.4, 0.5) is 0 Å². The number of benzene rings is 3. The molecule has 1 fully saturated rings. The van der Waals surface area contributed by atoms with Gasteiger partial charge < -0.3 is 9.47 Å². The predicted molar refractivity (Wildman–Crippen MR) is 119 cm³/mol. The van der Waals surface area contributed by atoms with E-state index in [2.05, 4.69) is 6.58 Å². The van der Waals surface area contributed by atoms with Crippen LogP contribution >= 0.6 is 0 Å². The second kappa shape index (κ2) is 7.53. The number of amides is 1. The molecule has 0 saturated carbocycles. The molecule has 7 heteroatoms. The number of nitrogens with zero attached hydrogens (tertiary/aromatic N) is 1. The van der Waals surface area contributed by atoms with Gasteiger partial charge in [-0.25, -0.2) is 12.7 Å². The molecule has 5 rings (SSSR count). The largest absolute Gasteiger partial charge is 0.454 e. The van der Waals surface area contributed by atoms with Crippen molar-refractivity contribution in [1.82, 2.24) is 4.31 Å². The van der Waals surface area contributed by atoms with E-state index < -0.39 is 27.9 Å². The number of fused-ring (bicyclic) bond motifs is 1. The first-order valence-electron chi connectivity index (χ1n) is 10.2. The van der Waals surface area contributed by atoms with Crippen molar-refractivity contribution in [2.45, 2.75) is 23.8 Å². The maximum Gasteiger partial charge on any atom is 0.267 e. The smallest absolute Gasteiger partial charge is 0.267 e. The minimum atomic E-state index is -4.14. The molecule has 0 N–H and O–H groups in total. The van der Waals surface area contributed by atoms with Crippen molar-refractivity contribution in [3.63, 3.8) is 0 Å². The van der Waals surface area contributed by atoms with Gasteiger partial charge in [0, 0.05) is 11.5 Å². The quantitative estimate of drug-likeness (QED) is 0.557. The lowest BCUT2D eigenvalue weighted by Gasteiger charge is -2.28. The van der Waals surface area contributed by atoms with Crippen molar-refractivity contribution in [2.75, 3.05) is 6.79 Å². The molecule has 0 unspecified atom stereocenters. The van der Waals surface area contributed by atoms with E-state index in [1.165, 1.54) is 12.1 Å². The molecule has 32 heavy (non-hydrogen) atoms. The van der Waals surface area contributed by atoms with Crippen LogP contribution in [0.15, 0.2) is 89.8 Å². The molecule has 3 aromatic rings. The summed E-state index contributed by atoms with van der Waals surface area (Å²) in [5.41, 5.74) is 2.60. The molecular weight excluding hydrogens is 426 g/mol. The maximum atomic E-state index is 13.7. The Labute approximate surface area is 186 Å². The minimum absolute atomic E-state index is 0.0590. The van der Waals surface area contributed by atoms with Gasteiger partial charge in [0.15, 0.2) is 11.5 Å². The molecule has 2 atom stereocenters. The van der Waals surface area contributed by atoms with Crippen molar-refractivity contribution in [3.05, 3.63) is 102 Å². The Balaban J connectivity index is 1.70. The first kappa shape index (κ1) is 20.3. The second-order valence-corrected chi connectivity index (χ2v) is 9.71. The number of hydrogen-bond acceptors (Lipinski definition) is 5. The Morgan fingerprint density at radius 3 is 2.31 bits per heavy atom. The zero-order valence-corrected chi connectivity index (χ0v) is 18.2. The van der Waals surface area contributed by atoms with Crippen LogP contribution in [-0.2, 0) is 14.8 Å². The van der Waals surface area contributed by atoms with Gasteiger partial charge in [-0.3, -0.25) is 4.79 Å². The van der Waals surface area contributed by atoms with Gasteiger partial charge in [0.1, 0.15) is 0 Å². The van der Waals surface area contributed by atoms with Gasteiger partial charge in [-0.15, -0.1) is 0 Å². The summed E-state index contributed by atoms with van der Waals surface area (Å²) in [6, 6.07) is 20.3. The van der Waals surface area contributed by atoms with Crippen molar-refractivity contribution < 1.29 is 22.7 Å². The van der Waals surface area contributed by atoms with Crippen molar-refractivity contribution in [1.29, 1.82) is 0 Å². The van der Waals surface area contributed by atoms with E-state index in [0.29, 0.717) is 17.1 Å². The number of hydrogen-bond donors (Lipinski definition) is 0. The van der Waals surface area contributed by atoms with Crippen molar-refractivity contribution in [2.24, 2.45) is 0 Å². The topological polar surface area (TPSA) is 72.9 Å². The van der Waals surface area contributed by atoms with Gasteiger partial charge in [-0.1, -0.05) is 60.7 Å². The van der Waals surface area contributed by atoms with Crippen LogP contribution in [0.5, 0.6) is 11.5 Å². The van der Waals surface area contributed by atoms with Crippen LogP contribution in [0.25, 0.3) is 0 Å². The fourth-order valence-electron chi connectivity index (χ4n) is 4.28. The van der Waals surface area contributed by atoms with E-state index >= 15 is 0 Å². The summed E-state index contributed by atoms with van der Waals surface area (Å²) in [6.45, 7) is 5.98. The molecular formula is C25H21NO5S. The molecule has 3 aromatic carbocycles. The van der Waals surface area contributed by atoms with Gasteiger partial charge >= 0.3 is 0 Å². The highest BCUT2D eigenvalue weighted by atomic mass is 32.2. The second-order valence-electron chi connectivity index (χ2n) is 7.89. The molecule has 2 aliphatic rings. The predicted octanol–water partition coefficient (Wildman–Crippen LogP) is 4.34. The highest BCUT2D eigenvalue weighted by Crippen LogP contribution is 2.50. The summed E-state index contributed by atoms with van der Waals surface area (Å²) in [4.78, 5) is 13.4. The number of rotatable bonds is 4. The van der Waals surface area contributed by atoms with Crippen LogP contribution < -0.4 is 9.47 Å². The van der Waals surface area contributed by atoms with Crippen LogP contribution in [-0.4, -0.2) is 25.4 Å². The Bertz CT molecular complexity index is 1320. The molecule has 2 aliphatic heterocycles. The minimum Gasteiger partial charge on any atom is -0.454 e. The molecule has 0 aromatic heterocycles. The Morgan fingerprint density at radius 1 is 0.906 bits per heavy atom. The SMILES string of the molecule is C=C1C(=O)N(S(=O)(=O)c2ccc(C)cc2)[C@H](c2ccc3c(c2)OCO3)[C@@H]1c1ccccc1. The fraction of sp³-hybridized carbons (Fsp3) is 0.160. The van der Waals surface area contributed by atoms with Gasteiger partial charge in [0.05, 0.1) is 10.9 Å². The standard InChI is InChI=1S/C25H21NO5S/c1-16-8-11-20(12-9-16)32(28,29)26-24(19-10-13-21-22(14-19)31-15-30-21)23(17(2)25(26)27)18-6-4-3-5-7-18/h3-14,23-24H,2,15H2,1H3/t23-,24+/m0/s1. The number of carbonyl (C=O) groups is 1. The lowest BCUT2D eigenvalue weighted by atomic mass is 9.85. The highest BCUT2D eigenvalue weighted by Gasteiger charge is 2.50. The monoisotopic (exact) mass is 447 g/mol. The molecule has 1 saturated heterocycles. The van der Waals surface area contributed by atoms with Gasteiger partial charge in [0.2, 0.25) is 6.79 Å². The summed E-state index contributed by atoms with van der Waals surface area (Å²) < 4.78 is 39.3. The first-order chi connectivity index (χ1) is 15.4. The zero-order chi connectivity index (χ0) is 22.5. The van der Waals surface area contributed by atoms with E-state index in [9.17, 15) is 13.2 Å². The number of sulfonamides is 1. The number of aryl methyl sites for hydroxylation is 1. The molecule has 2 heterocycles. The molecule has 0 bridgehead atoms.